The van der Waals surface area contributed by atoms with Crippen molar-refractivity contribution in [3.63, 3.8) is 0 Å². The average Bonchev–Trinajstić information content (AvgIpc) is 2.36. The zero-order valence-electron chi connectivity index (χ0n) is 10.6. The van der Waals surface area contributed by atoms with Gasteiger partial charge in [0.25, 0.3) is 0 Å². The van der Waals surface area contributed by atoms with Gasteiger partial charge in [-0.15, -0.1) is 0 Å². The largest absolute Gasteiger partial charge is 0.481 e. The lowest BCUT2D eigenvalue weighted by atomic mass is 10.1. The number of hydrogen-bond donors (Lipinski definition) is 0. The molecular weight excluding hydrogens is 233 g/mol. The number of nitrogens with zero attached hydrogens (tertiary/aromatic N) is 1. The van der Waals surface area contributed by atoms with Crippen molar-refractivity contribution in [2.45, 2.75) is 20.3 Å². The molecule has 0 radical (unpaired) electrons. The zero-order valence-corrected chi connectivity index (χ0v) is 10.6. The zero-order chi connectivity index (χ0) is 13.3. The molecule has 0 bridgehead atoms. The minimum atomic E-state index is -0.510. The quantitative estimate of drug-likeness (QED) is 0.782. The number of rotatable bonds is 3. The summed E-state index contributed by atoms with van der Waals surface area (Å²) in [5.41, 5.74) is 1.54. The number of Topliss-reactive ketones (excluding diaryl/α,β-unsaturated/α-hetero) is 1. The van der Waals surface area contributed by atoms with Crippen LogP contribution >= 0.6 is 0 Å². The summed E-state index contributed by atoms with van der Waals surface area (Å²) in [7, 11) is 1.54. The molecule has 0 aliphatic rings. The molecule has 0 amide bonds. The number of fused-ring (bicyclic) bond motifs is 1. The molecule has 3 nitrogen and oxygen atoms in total. The molecule has 0 saturated heterocycles. The predicted octanol–water partition coefficient (Wildman–Crippen LogP) is 3.15. The monoisotopic (exact) mass is 247 g/mol. The van der Waals surface area contributed by atoms with E-state index in [-0.39, 0.29) is 11.3 Å². The molecule has 0 atom stereocenters. The lowest BCUT2D eigenvalue weighted by Gasteiger charge is -2.08. The van der Waals surface area contributed by atoms with E-state index in [0.717, 1.165) is 12.0 Å². The van der Waals surface area contributed by atoms with E-state index < -0.39 is 5.82 Å². The first-order valence-corrected chi connectivity index (χ1v) is 5.75. The summed E-state index contributed by atoms with van der Waals surface area (Å²) >= 11 is 0. The van der Waals surface area contributed by atoms with Crippen molar-refractivity contribution < 1.29 is 13.9 Å². The molecule has 94 valence electrons. The van der Waals surface area contributed by atoms with Crippen molar-refractivity contribution >= 4 is 16.7 Å². The van der Waals surface area contributed by atoms with Gasteiger partial charge in [0.2, 0.25) is 5.88 Å². The maximum atomic E-state index is 13.7. The normalized spacial score (nSPS) is 10.7. The van der Waals surface area contributed by atoms with Crippen LogP contribution in [0.5, 0.6) is 5.88 Å². The fourth-order valence-electron chi connectivity index (χ4n) is 1.92. The molecule has 2 rings (SSSR count). The van der Waals surface area contributed by atoms with Crippen LogP contribution in [0.15, 0.2) is 18.2 Å². The first-order valence-electron chi connectivity index (χ1n) is 5.75. The van der Waals surface area contributed by atoms with E-state index in [1.165, 1.54) is 19.1 Å². The van der Waals surface area contributed by atoms with E-state index in [9.17, 15) is 9.18 Å². The van der Waals surface area contributed by atoms with Gasteiger partial charge in [0.15, 0.2) is 5.78 Å². The summed E-state index contributed by atoms with van der Waals surface area (Å²) in [4.78, 5) is 15.6. The number of aryl methyl sites for hydroxylation is 1. The van der Waals surface area contributed by atoms with Crippen molar-refractivity contribution in [3.8, 4) is 5.88 Å². The smallest absolute Gasteiger partial charge is 0.216 e. The summed E-state index contributed by atoms with van der Waals surface area (Å²) < 4.78 is 18.9. The van der Waals surface area contributed by atoms with Crippen LogP contribution in [0.3, 0.4) is 0 Å². The Labute approximate surface area is 105 Å². The number of carbonyl (C=O) groups is 1. The number of methoxy groups -OCH3 is 1. The van der Waals surface area contributed by atoms with Crippen LogP contribution in [0.2, 0.25) is 0 Å². The average molecular weight is 247 g/mol. The molecule has 1 aromatic carbocycles. The molecule has 0 unspecified atom stereocenters. The lowest BCUT2D eigenvalue weighted by Crippen LogP contribution is -2.00. The summed E-state index contributed by atoms with van der Waals surface area (Å²) in [5.74, 6) is -0.301. The van der Waals surface area contributed by atoms with Crippen LogP contribution in [0.4, 0.5) is 4.39 Å². The summed E-state index contributed by atoms with van der Waals surface area (Å²) in [6.07, 6.45) is 0.752. The second kappa shape index (κ2) is 4.72. The van der Waals surface area contributed by atoms with Crippen LogP contribution in [-0.4, -0.2) is 17.9 Å². The minimum Gasteiger partial charge on any atom is -0.481 e. The second-order valence-electron chi connectivity index (χ2n) is 4.09. The molecule has 0 N–H and O–H groups in total. The Morgan fingerprint density at radius 1 is 1.39 bits per heavy atom. The summed E-state index contributed by atoms with van der Waals surface area (Å²) in [5, 5.41) is 0.676. The Hall–Kier alpha value is -1.97. The highest BCUT2D eigenvalue weighted by Gasteiger charge is 2.12. The molecule has 0 spiro atoms. The van der Waals surface area contributed by atoms with E-state index in [2.05, 4.69) is 4.98 Å². The molecule has 2 aromatic rings. The van der Waals surface area contributed by atoms with Crippen LogP contribution in [0.25, 0.3) is 10.9 Å². The number of aromatic nitrogens is 1. The lowest BCUT2D eigenvalue weighted by molar-refractivity contribution is 0.101. The van der Waals surface area contributed by atoms with Gasteiger partial charge in [-0.25, -0.2) is 9.37 Å². The van der Waals surface area contributed by atoms with Crippen LogP contribution in [0, 0.1) is 5.82 Å². The predicted molar refractivity (Wildman–Crippen MR) is 67.6 cm³/mol. The number of benzene rings is 1. The van der Waals surface area contributed by atoms with Gasteiger partial charge in [-0.2, -0.15) is 0 Å². The molecule has 1 aromatic heterocycles. The molecule has 0 aliphatic carbocycles. The number of ketones is 1. The number of ether oxygens (including phenoxy) is 1. The molecule has 18 heavy (non-hydrogen) atoms. The third-order valence-electron chi connectivity index (χ3n) is 2.90. The van der Waals surface area contributed by atoms with Crippen molar-refractivity contribution in [1.82, 2.24) is 4.98 Å². The highest BCUT2D eigenvalue weighted by molar-refractivity contribution is 5.98. The second-order valence-corrected chi connectivity index (χ2v) is 4.09. The van der Waals surface area contributed by atoms with Crippen LogP contribution in [-0.2, 0) is 6.42 Å². The van der Waals surface area contributed by atoms with Gasteiger partial charge in [-0.3, -0.25) is 4.79 Å². The van der Waals surface area contributed by atoms with E-state index in [4.69, 9.17) is 4.74 Å². The molecule has 4 heteroatoms. The highest BCUT2D eigenvalue weighted by atomic mass is 19.1. The molecular formula is C14H14FNO2. The van der Waals surface area contributed by atoms with Crippen molar-refractivity contribution in [2.75, 3.05) is 7.11 Å². The Balaban J connectivity index is 2.73. The number of carbonyl (C=O) groups excluding carboxylic acids is 1. The van der Waals surface area contributed by atoms with Crippen molar-refractivity contribution in [2.24, 2.45) is 0 Å². The molecule has 0 fully saturated rings. The third kappa shape index (κ3) is 2.06. The van der Waals surface area contributed by atoms with Gasteiger partial charge in [0.05, 0.1) is 18.2 Å². The van der Waals surface area contributed by atoms with Crippen LogP contribution < -0.4 is 4.74 Å². The van der Waals surface area contributed by atoms with Gasteiger partial charge >= 0.3 is 0 Å². The Morgan fingerprint density at radius 3 is 2.67 bits per heavy atom. The first kappa shape index (κ1) is 12.5. The fraction of sp³-hybridized carbons (Fsp3) is 0.286. The SMILES string of the molecule is CCc1cc2cc(F)c(C(C)=O)cc2nc1OC. The van der Waals surface area contributed by atoms with Crippen molar-refractivity contribution in [3.05, 3.63) is 35.1 Å². The van der Waals surface area contributed by atoms with Crippen LogP contribution in [0.1, 0.15) is 29.8 Å². The van der Waals surface area contributed by atoms with E-state index >= 15 is 0 Å². The van der Waals surface area contributed by atoms with Gasteiger partial charge in [0.1, 0.15) is 5.82 Å². The van der Waals surface area contributed by atoms with Crippen molar-refractivity contribution in [1.29, 1.82) is 0 Å². The Kier molecular flexibility index (Phi) is 3.28. The highest BCUT2D eigenvalue weighted by Crippen LogP contribution is 2.25. The van der Waals surface area contributed by atoms with Gasteiger partial charge < -0.3 is 4.74 Å². The topological polar surface area (TPSA) is 39.2 Å². The minimum absolute atomic E-state index is 0.0568. The van der Waals surface area contributed by atoms with E-state index in [1.807, 2.05) is 13.0 Å². The first-order chi connectivity index (χ1) is 8.56. The summed E-state index contributed by atoms with van der Waals surface area (Å²) in [6.45, 7) is 3.31. The fourth-order valence-corrected chi connectivity index (χ4v) is 1.92. The third-order valence-corrected chi connectivity index (χ3v) is 2.90. The van der Waals surface area contributed by atoms with Gasteiger partial charge in [0, 0.05) is 10.9 Å². The Morgan fingerprint density at radius 2 is 2.11 bits per heavy atom. The summed E-state index contributed by atoms with van der Waals surface area (Å²) in [6, 6.07) is 4.65. The molecule has 1 heterocycles. The molecule has 0 saturated carbocycles. The standard InChI is InChI=1S/C14H14FNO2/c1-4-9-5-10-6-12(15)11(8(2)17)7-13(10)16-14(9)18-3/h5-7H,4H2,1-3H3. The number of hydrogen-bond acceptors (Lipinski definition) is 3. The Bertz CT molecular complexity index is 623. The maximum absolute atomic E-state index is 13.7. The molecule has 0 aliphatic heterocycles. The number of halogens is 1. The van der Waals surface area contributed by atoms with Gasteiger partial charge in [-0.05, 0) is 31.5 Å². The number of pyridine rings is 1. The van der Waals surface area contributed by atoms with E-state index in [0.29, 0.717) is 16.8 Å². The van der Waals surface area contributed by atoms with Gasteiger partial charge in [-0.1, -0.05) is 6.92 Å². The maximum Gasteiger partial charge on any atom is 0.216 e. The van der Waals surface area contributed by atoms with E-state index in [1.54, 1.807) is 7.11 Å².